The van der Waals surface area contributed by atoms with Gasteiger partial charge in [0, 0.05) is 50.6 Å². The maximum atomic E-state index is 12.9. The van der Waals surface area contributed by atoms with Gasteiger partial charge in [0.1, 0.15) is 11.5 Å². The first-order valence-electron chi connectivity index (χ1n) is 15.1. The highest BCUT2D eigenvalue weighted by molar-refractivity contribution is 5.87. The molecule has 1 aliphatic carbocycles. The molecule has 2 aromatic carbocycles. The van der Waals surface area contributed by atoms with Crippen LogP contribution in [0.1, 0.15) is 50.5 Å². The minimum Gasteiger partial charge on any atom is -0.497 e. The number of methoxy groups -OCH3 is 2. The summed E-state index contributed by atoms with van der Waals surface area (Å²) in [6.07, 6.45) is 3.61. The van der Waals surface area contributed by atoms with Crippen molar-refractivity contribution in [3.63, 3.8) is 0 Å². The van der Waals surface area contributed by atoms with Gasteiger partial charge in [-0.3, -0.25) is 14.4 Å². The standard InChI is InChI=1S/C33H46N4O6/c1-35(2)32(24-25-9-6-5-7-10-25)15-17-33(18-16-32,31(34)40)43-30(39)12-8-11-29(38)37-21-19-36(20-22-37)27-14-13-26(41-3)23-28(27)42-4/h5-7,9-10,13-14,23H,8,11-12,15-22,24H2,1-4H3,(H2,34,40). The van der Waals surface area contributed by atoms with Gasteiger partial charge >= 0.3 is 5.97 Å². The lowest BCUT2D eigenvalue weighted by atomic mass is 9.70. The summed E-state index contributed by atoms with van der Waals surface area (Å²) in [5.74, 6) is 0.378. The number of nitrogens with zero attached hydrogens (tertiary/aromatic N) is 3. The van der Waals surface area contributed by atoms with Crippen LogP contribution < -0.4 is 20.1 Å². The molecule has 0 radical (unpaired) electrons. The Morgan fingerprint density at radius 3 is 2.14 bits per heavy atom. The molecule has 1 saturated heterocycles. The van der Waals surface area contributed by atoms with Crippen LogP contribution in [0.5, 0.6) is 11.5 Å². The van der Waals surface area contributed by atoms with Gasteiger partial charge in [-0.1, -0.05) is 30.3 Å². The summed E-state index contributed by atoms with van der Waals surface area (Å²) < 4.78 is 16.6. The zero-order chi connectivity index (χ0) is 31.0. The number of anilines is 1. The summed E-state index contributed by atoms with van der Waals surface area (Å²) >= 11 is 0. The van der Waals surface area contributed by atoms with E-state index in [0.29, 0.717) is 58.3 Å². The summed E-state index contributed by atoms with van der Waals surface area (Å²) in [5, 5.41) is 0. The molecular formula is C33H46N4O6. The van der Waals surface area contributed by atoms with Gasteiger partial charge in [-0.25, -0.2) is 0 Å². The lowest BCUT2D eigenvalue weighted by Crippen LogP contribution is -2.57. The third-order valence-corrected chi connectivity index (χ3v) is 9.20. The molecule has 4 rings (SSSR count). The number of piperazine rings is 1. The van der Waals surface area contributed by atoms with Crippen LogP contribution in [0.4, 0.5) is 5.69 Å². The van der Waals surface area contributed by atoms with E-state index < -0.39 is 17.5 Å². The molecule has 1 aliphatic heterocycles. The predicted octanol–water partition coefficient (Wildman–Crippen LogP) is 3.41. The summed E-state index contributed by atoms with van der Waals surface area (Å²) in [7, 11) is 7.36. The van der Waals surface area contributed by atoms with Gasteiger partial charge in [-0.05, 0) is 70.3 Å². The highest BCUT2D eigenvalue weighted by Gasteiger charge is 2.49. The predicted molar refractivity (Wildman–Crippen MR) is 165 cm³/mol. The number of hydrogen-bond donors (Lipinski definition) is 1. The fourth-order valence-corrected chi connectivity index (χ4v) is 6.33. The van der Waals surface area contributed by atoms with E-state index in [4.69, 9.17) is 19.9 Å². The Hall–Kier alpha value is -3.79. The van der Waals surface area contributed by atoms with E-state index in [1.54, 1.807) is 14.2 Å². The Labute approximate surface area is 255 Å². The molecular weight excluding hydrogens is 548 g/mol. The van der Waals surface area contributed by atoms with Crippen LogP contribution in [0.25, 0.3) is 0 Å². The molecule has 0 unspecified atom stereocenters. The van der Waals surface area contributed by atoms with Crippen LogP contribution in [0.3, 0.4) is 0 Å². The average molecular weight is 595 g/mol. The first-order valence-corrected chi connectivity index (χ1v) is 15.1. The number of nitrogens with two attached hydrogens (primary N) is 1. The van der Waals surface area contributed by atoms with Crippen LogP contribution in [-0.2, 0) is 25.5 Å². The number of ether oxygens (including phenoxy) is 3. The van der Waals surface area contributed by atoms with Crippen molar-refractivity contribution in [2.75, 3.05) is 59.4 Å². The maximum Gasteiger partial charge on any atom is 0.306 e. The normalized spacial score (nSPS) is 22.3. The molecule has 0 atom stereocenters. The Balaban J connectivity index is 1.25. The van der Waals surface area contributed by atoms with E-state index in [1.165, 1.54) is 5.56 Å². The van der Waals surface area contributed by atoms with Crippen molar-refractivity contribution in [3.8, 4) is 11.5 Å². The third-order valence-electron chi connectivity index (χ3n) is 9.20. The summed E-state index contributed by atoms with van der Waals surface area (Å²) in [6.45, 7) is 2.52. The highest BCUT2D eigenvalue weighted by Crippen LogP contribution is 2.42. The average Bonchev–Trinajstić information content (AvgIpc) is 3.02. The molecule has 234 valence electrons. The lowest BCUT2D eigenvalue weighted by molar-refractivity contribution is -0.174. The summed E-state index contributed by atoms with van der Waals surface area (Å²) in [5.41, 5.74) is 6.55. The van der Waals surface area contributed by atoms with Crippen LogP contribution >= 0.6 is 0 Å². The minimum atomic E-state index is -1.31. The molecule has 2 N–H and O–H groups in total. The molecule has 10 heteroatoms. The van der Waals surface area contributed by atoms with Crippen molar-refractivity contribution in [1.82, 2.24) is 9.80 Å². The molecule has 10 nitrogen and oxygen atoms in total. The second-order valence-electron chi connectivity index (χ2n) is 11.9. The third kappa shape index (κ3) is 7.60. The van der Waals surface area contributed by atoms with E-state index in [1.807, 2.05) is 41.3 Å². The second-order valence-corrected chi connectivity index (χ2v) is 11.9. The van der Waals surface area contributed by atoms with E-state index in [2.05, 4.69) is 36.0 Å². The number of benzene rings is 2. The topological polar surface area (TPSA) is 115 Å². The fourth-order valence-electron chi connectivity index (χ4n) is 6.33. The number of carbonyl (C=O) groups excluding carboxylic acids is 3. The van der Waals surface area contributed by atoms with Crippen LogP contribution in [0.15, 0.2) is 48.5 Å². The van der Waals surface area contributed by atoms with E-state index in [9.17, 15) is 14.4 Å². The van der Waals surface area contributed by atoms with Crippen molar-refractivity contribution in [1.29, 1.82) is 0 Å². The molecule has 2 fully saturated rings. The van der Waals surface area contributed by atoms with Crippen molar-refractivity contribution in [3.05, 3.63) is 54.1 Å². The molecule has 1 heterocycles. The first kappa shape index (κ1) is 32.1. The highest BCUT2D eigenvalue weighted by atomic mass is 16.6. The Morgan fingerprint density at radius 2 is 1.56 bits per heavy atom. The van der Waals surface area contributed by atoms with Gasteiger partial charge in [0.2, 0.25) is 5.91 Å². The number of primary amides is 1. The maximum absolute atomic E-state index is 12.9. The zero-order valence-corrected chi connectivity index (χ0v) is 26.0. The molecule has 43 heavy (non-hydrogen) atoms. The van der Waals surface area contributed by atoms with Gasteiger partial charge in [0.15, 0.2) is 5.60 Å². The van der Waals surface area contributed by atoms with Gasteiger partial charge in [0.05, 0.1) is 19.9 Å². The van der Waals surface area contributed by atoms with Crippen LogP contribution in [0, 0.1) is 0 Å². The van der Waals surface area contributed by atoms with Crippen LogP contribution in [-0.4, -0.2) is 93.2 Å². The van der Waals surface area contributed by atoms with Crippen molar-refractivity contribution in [2.24, 2.45) is 5.73 Å². The van der Waals surface area contributed by atoms with Crippen molar-refractivity contribution >= 4 is 23.5 Å². The quantitative estimate of drug-likeness (QED) is 0.372. The minimum absolute atomic E-state index is 0.00750. The number of amides is 2. The lowest BCUT2D eigenvalue weighted by Gasteiger charge is -2.48. The molecule has 0 bridgehead atoms. The van der Waals surface area contributed by atoms with Crippen LogP contribution in [0.2, 0.25) is 0 Å². The van der Waals surface area contributed by atoms with Gasteiger partial charge in [-0.2, -0.15) is 0 Å². The molecule has 0 aromatic heterocycles. The Kier molecular flexibility index (Phi) is 10.6. The van der Waals surface area contributed by atoms with Crippen molar-refractivity contribution < 1.29 is 28.6 Å². The number of esters is 1. The van der Waals surface area contributed by atoms with Gasteiger partial charge in [0.25, 0.3) is 5.91 Å². The molecule has 0 spiro atoms. The smallest absolute Gasteiger partial charge is 0.306 e. The zero-order valence-electron chi connectivity index (χ0n) is 26.0. The van der Waals surface area contributed by atoms with E-state index >= 15 is 0 Å². The number of rotatable bonds is 12. The molecule has 1 saturated carbocycles. The fraction of sp³-hybridized carbons (Fsp3) is 0.545. The molecule has 2 aromatic rings. The number of carbonyl (C=O) groups is 3. The molecule has 2 aliphatic rings. The van der Waals surface area contributed by atoms with Gasteiger partial charge in [-0.15, -0.1) is 0 Å². The second kappa shape index (κ2) is 14.1. The number of likely N-dealkylation sites (N-methyl/N-ethyl adjacent to an activating group) is 1. The van der Waals surface area contributed by atoms with E-state index in [-0.39, 0.29) is 24.3 Å². The molecule has 2 amide bonds. The van der Waals surface area contributed by atoms with E-state index in [0.717, 1.165) is 23.6 Å². The summed E-state index contributed by atoms with van der Waals surface area (Å²) in [6, 6.07) is 16.0. The number of hydrogen-bond acceptors (Lipinski definition) is 8. The largest absolute Gasteiger partial charge is 0.497 e. The first-order chi connectivity index (χ1) is 20.6. The SMILES string of the molecule is COc1ccc(N2CCN(C(=O)CCCC(=O)OC3(C(N)=O)CCC(Cc4ccccc4)(N(C)C)CC3)CC2)c(OC)c1. The Morgan fingerprint density at radius 1 is 0.884 bits per heavy atom. The summed E-state index contributed by atoms with van der Waals surface area (Å²) in [4.78, 5) is 44.6. The van der Waals surface area contributed by atoms with Gasteiger partial charge < -0.3 is 34.6 Å². The van der Waals surface area contributed by atoms with Crippen molar-refractivity contribution in [2.45, 2.75) is 62.5 Å². The Bertz CT molecular complexity index is 1250. The monoisotopic (exact) mass is 594 g/mol.